The second-order valence-corrected chi connectivity index (χ2v) is 4.25. The fourth-order valence-corrected chi connectivity index (χ4v) is 1.98. The van der Waals surface area contributed by atoms with Crippen LogP contribution in [0.1, 0.15) is 36.8 Å². The Balaban J connectivity index is 2.07. The lowest BCUT2D eigenvalue weighted by atomic mass is 10.1. The normalized spacial score (nSPS) is 17.0. The first-order chi connectivity index (χ1) is 6.79. The molecule has 0 aromatic carbocycles. The van der Waals surface area contributed by atoms with Crippen LogP contribution in [0.5, 0.6) is 0 Å². The van der Waals surface area contributed by atoms with Gasteiger partial charge in [0.1, 0.15) is 11.5 Å². The number of aryl methyl sites for hydroxylation is 1. The van der Waals surface area contributed by atoms with Crippen LogP contribution in [0.4, 0.5) is 0 Å². The highest BCUT2D eigenvalue weighted by atomic mass is 16.3. The number of likely N-dealkylation sites (N-methyl/N-ethyl adjacent to an activating group) is 1. The molecule has 0 radical (unpaired) electrons. The predicted octanol–water partition coefficient (Wildman–Crippen LogP) is 2.61. The Bertz CT molecular complexity index is 303. The van der Waals surface area contributed by atoms with Gasteiger partial charge in [0.05, 0.1) is 6.54 Å². The van der Waals surface area contributed by atoms with E-state index in [0.717, 1.165) is 19.4 Å². The van der Waals surface area contributed by atoms with Crippen molar-refractivity contribution in [2.75, 3.05) is 13.6 Å². The Hall–Kier alpha value is -0.760. The summed E-state index contributed by atoms with van der Waals surface area (Å²) in [6.45, 7) is 4.37. The Morgan fingerprint density at radius 3 is 3.14 bits per heavy atom. The molecule has 1 aliphatic heterocycles. The van der Waals surface area contributed by atoms with E-state index in [2.05, 4.69) is 24.9 Å². The van der Waals surface area contributed by atoms with Crippen LogP contribution >= 0.6 is 0 Å². The summed E-state index contributed by atoms with van der Waals surface area (Å²) in [5, 5.41) is 0. The van der Waals surface area contributed by atoms with E-state index in [4.69, 9.17) is 4.42 Å². The molecule has 1 aromatic heterocycles. The summed E-state index contributed by atoms with van der Waals surface area (Å²) < 4.78 is 5.84. The van der Waals surface area contributed by atoms with E-state index in [9.17, 15) is 0 Å². The molecule has 0 amide bonds. The molecule has 78 valence electrons. The smallest absolute Gasteiger partial charge is 0.121 e. The summed E-state index contributed by atoms with van der Waals surface area (Å²) in [5.41, 5.74) is 1.44. The summed E-state index contributed by atoms with van der Waals surface area (Å²) in [4.78, 5) is 2.31. The molecule has 1 aliphatic rings. The summed E-state index contributed by atoms with van der Waals surface area (Å²) in [6, 6.07) is 2.26. The monoisotopic (exact) mass is 193 g/mol. The molecule has 2 nitrogen and oxygen atoms in total. The van der Waals surface area contributed by atoms with E-state index in [-0.39, 0.29) is 0 Å². The SMILES string of the molecule is CCCCc1cc2c(o1)CN(C)CC2. The predicted molar refractivity (Wildman–Crippen MR) is 57.4 cm³/mol. The van der Waals surface area contributed by atoms with Crippen molar-refractivity contribution in [3.63, 3.8) is 0 Å². The van der Waals surface area contributed by atoms with E-state index < -0.39 is 0 Å². The van der Waals surface area contributed by atoms with Gasteiger partial charge < -0.3 is 4.42 Å². The zero-order valence-electron chi connectivity index (χ0n) is 9.18. The van der Waals surface area contributed by atoms with Crippen LogP contribution < -0.4 is 0 Å². The number of furan rings is 1. The Morgan fingerprint density at radius 2 is 2.36 bits per heavy atom. The Kier molecular flexibility index (Phi) is 2.92. The molecule has 0 saturated heterocycles. The first kappa shape index (κ1) is 9.78. The Morgan fingerprint density at radius 1 is 1.50 bits per heavy atom. The van der Waals surface area contributed by atoms with Gasteiger partial charge in [-0.15, -0.1) is 0 Å². The molecule has 0 bridgehead atoms. The number of rotatable bonds is 3. The molecule has 0 aliphatic carbocycles. The highest BCUT2D eigenvalue weighted by Gasteiger charge is 2.17. The van der Waals surface area contributed by atoms with Crippen LogP contribution in [0.3, 0.4) is 0 Å². The van der Waals surface area contributed by atoms with Gasteiger partial charge in [0.15, 0.2) is 0 Å². The largest absolute Gasteiger partial charge is 0.464 e. The van der Waals surface area contributed by atoms with Gasteiger partial charge in [-0.3, -0.25) is 4.90 Å². The van der Waals surface area contributed by atoms with Gasteiger partial charge in [-0.2, -0.15) is 0 Å². The topological polar surface area (TPSA) is 16.4 Å². The number of fused-ring (bicyclic) bond motifs is 1. The summed E-state index contributed by atoms with van der Waals surface area (Å²) in [7, 11) is 2.15. The van der Waals surface area contributed by atoms with Gasteiger partial charge in [0.25, 0.3) is 0 Å². The number of unbranched alkanes of at least 4 members (excludes halogenated alkanes) is 1. The molecular formula is C12H19NO. The Labute approximate surface area is 85.9 Å². The highest BCUT2D eigenvalue weighted by molar-refractivity contribution is 5.24. The van der Waals surface area contributed by atoms with Gasteiger partial charge >= 0.3 is 0 Å². The summed E-state index contributed by atoms with van der Waals surface area (Å²) in [6.07, 6.45) is 4.74. The second-order valence-electron chi connectivity index (χ2n) is 4.25. The molecule has 0 N–H and O–H groups in total. The molecule has 0 fully saturated rings. The van der Waals surface area contributed by atoms with Gasteiger partial charge in [-0.1, -0.05) is 13.3 Å². The van der Waals surface area contributed by atoms with E-state index in [0.29, 0.717) is 0 Å². The second kappa shape index (κ2) is 4.18. The van der Waals surface area contributed by atoms with E-state index in [1.807, 2.05) is 0 Å². The van der Waals surface area contributed by atoms with Crippen molar-refractivity contribution in [1.82, 2.24) is 4.90 Å². The molecule has 1 aromatic rings. The molecule has 0 atom stereocenters. The van der Waals surface area contributed by atoms with Gasteiger partial charge in [-0.25, -0.2) is 0 Å². The number of hydrogen-bond donors (Lipinski definition) is 0. The summed E-state index contributed by atoms with van der Waals surface area (Å²) in [5.74, 6) is 2.39. The van der Waals surface area contributed by atoms with Crippen LogP contribution in [0, 0.1) is 0 Å². The first-order valence-corrected chi connectivity index (χ1v) is 5.58. The lowest BCUT2D eigenvalue weighted by molar-refractivity contribution is 0.273. The van der Waals surface area contributed by atoms with Crippen LogP contribution in [-0.4, -0.2) is 18.5 Å². The standard InChI is InChI=1S/C12H19NO/c1-3-4-5-11-8-10-6-7-13(2)9-12(10)14-11/h8H,3-7,9H2,1-2H3. The molecule has 14 heavy (non-hydrogen) atoms. The van der Waals surface area contributed by atoms with E-state index >= 15 is 0 Å². The molecule has 0 saturated carbocycles. The molecule has 2 rings (SSSR count). The lowest BCUT2D eigenvalue weighted by Gasteiger charge is -2.20. The first-order valence-electron chi connectivity index (χ1n) is 5.58. The van der Waals surface area contributed by atoms with Crippen molar-refractivity contribution in [3.05, 3.63) is 23.2 Å². The fourth-order valence-electron chi connectivity index (χ4n) is 1.98. The highest BCUT2D eigenvalue weighted by Crippen LogP contribution is 2.22. The molecule has 2 heterocycles. The minimum atomic E-state index is 0.988. The van der Waals surface area contributed by atoms with Gasteiger partial charge in [0, 0.05) is 13.0 Å². The van der Waals surface area contributed by atoms with E-state index in [1.165, 1.54) is 36.5 Å². The van der Waals surface area contributed by atoms with Crippen LogP contribution in [0.15, 0.2) is 10.5 Å². The average molecular weight is 193 g/mol. The zero-order chi connectivity index (χ0) is 9.97. The maximum atomic E-state index is 5.84. The lowest BCUT2D eigenvalue weighted by Crippen LogP contribution is -2.25. The van der Waals surface area contributed by atoms with Crippen molar-refractivity contribution in [1.29, 1.82) is 0 Å². The maximum Gasteiger partial charge on any atom is 0.121 e. The van der Waals surface area contributed by atoms with Crippen molar-refractivity contribution < 1.29 is 4.42 Å². The minimum Gasteiger partial charge on any atom is -0.464 e. The number of nitrogens with zero attached hydrogens (tertiary/aromatic N) is 1. The zero-order valence-corrected chi connectivity index (χ0v) is 9.18. The maximum absolute atomic E-state index is 5.84. The third kappa shape index (κ3) is 2.01. The van der Waals surface area contributed by atoms with Crippen LogP contribution in [-0.2, 0) is 19.4 Å². The number of hydrogen-bond acceptors (Lipinski definition) is 2. The van der Waals surface area contributed by atoms with Crippen molar-refractivity contribution in [3.8, 4) is 0 Å². The van der Waals surface area contributed by atoms with Gasteiger partial charge in [0.2, 0.25) is 0 Å². The van der Waals surface area contributed by atoms with Gasteiger partial charge in [-0.05, 0) is 31.5 Å². The minimum absolute atomic E-state index is 0.988. The fraction of sp³-hybridized carbons (Fsp3) is 0.667. The van der Waals surface area contributed by atoms with Crippen molar-refractivity contribution in [2.45, 2.75) is 39.2 Å². The summed E-state index contributed by atoms with van der Waals surface area (Å²) >= 11 is 0. The van der Waals surface area contributed by atoms with Crippen molar-refractivity contribution in [2.24, 2.45) is 0 Å². The average Bonchev–Trinajstić information content (AvgIpc) is 2.56. The van der Waals surface area contributed by atoms with E-state index in [1.54, 1.807) is 0 Å². The molecular weight excluding hydrogens is 174 g/mol. The third-order valence-corrected chi connectivity index (χ3v) is 2.90. The van der Waals surface area contributed by atoms with Crippen LogP contribution in [0.2, 0.25) is 0 Å². The third-order valence-electron chi connectivity index (χ3n) is 2.90. The quantitative estimate of drug-likeness (QED) is 0.733. The molecule has 2 heteroatoms. The van der Waals surface area contributed by atoms with Crippen molar-refractivity contribution >= 4 is 0 Å². The van der Waals surface area contributed by atoms with Crippen LogP contribution in [0.25, 0.3) is 0 Å². The molecule has 0 spiro atoms. The molecule has 0 unspecified atom stereocenters.